The van der Waals surface area contributed by atoms with E-state index in [1.807, 2.05) is 6.92 Å². The third-order valence-corrected chi connectivity index (χ3v) is 1.76. The van der Waals surface area contributed by atoms with E-state index in [2.05, 4.69) is 11.9 Å². The van der Waals surface area contributed by atoms with Crippen LogP contribution in [0.15, 0.2) is 24.5 Å². The molecule has 104 valence electrons. The quantitative estimate of drug-likeness (QED) is 0.319. The monoisotopic (exact) mass is 258 g/mol. The number of primary amides is 1. The smallest absolute Gasteiger partial charge is 0.283 e. The number of nitrogens with two attached hydrogens (primary N) is 1. The summed E-state index contributed by atoms with van der Waals surface area (Å²) in [5.74, 6) is -1.44. The van der Waals surface area contributed by atoms with Gasteiger partial charge in [-0.05, 0) is 25.0 Å². The van der Waals surface area contributed by atoms with Crippen LogP contribution in [0.25, 0.3) is 0 Å². The van der Waals surface area contributed by atoms with Crippen LogP contribution < -0.4 is 11.1 Å². The van der Waals surface area contributed by atoms with Gasteiger partial charge in [-0.2, -0.15) is 0 Å². The van der Waals surface area contributed by atoms with Gasteiger partial charge in [0.15, 0.2) is 5.76 Å². The Morgan fingerprint density at radius 2 is 2.00 bits per heavy atom. The minimum absolute atomic E-state index is 0.336. The van der Waals surface area contributed by atoms with E-state index < -0.39 is 12.1 Å². The average Bonchev–Trinajstić information content (AvgIpc) is 2.35. The Morgan fingerprint density at radius 1 is 1.44 bits per heavy atom. The Balaban J connectivity index is 0. The molecule has 1 atom stereocenters. The highest BCUT2D eigenvalue weighted by atomic mass is 16.3. The van der Waals surface area contributed by atoms with Gasteiger partial charge in [0.25, 0.3) is 5.91 Å². The Kier molecular flexibility index (Phi) is 12.0. The maximum absolute atomic E-state index is 10.4. The lowest BCUT2D eigenvalue weighted by Gasteiger charge is -2.06. The zero-order valence-corrected chi connectivity index (χ0v) is 10.8. The molecule has 0 aliphatic rings. The zero-order valence-electron chi connectivity index (χ0n) is 10.8. The predicted molar refractivity (Wildman–Crippen MR) is 69.5 cm³/mol. The lowest BCUT2D eigenvalue weighted by atomic mass is 10.3. The number of hydrogen-bond donors (Lipinski definition) is 4. The molecular weight excluding hydrogens is 236 g/mol. The Hall–Kier alpha value is -1.82. The molecule has 2 amide bonds. The molecule has 0 aliphatic heterocycles. The summed E-state index contributed by atoms with van der Waals surface area (Å²) >= 11 is 0. The molecule has 1 unspecified atom stereocenters. The van der Waals surface area contributed by atoms with Gasteiger partial charge >= 0.3 is 0 Å². The largest absolute Gasteiger partial charge is 0.503 e. The first-order valence-electron chi connectivity index (χ1n) is 5.68. The van der Waals surface area contributed by atoms with E-state index in [-0.39, 0.29) is 11.7 Å². The SMILES string of the molecule is C=CC(=O)NC(O)CC.CCC/C=C(\O)C(N)=O. The van der Waals surface area contributed by atoms with Gasteiger partial charge in [-0.1, -0.05) is 26.8 Å². The first kappa shape index (κ1) is 18.5. The van der Waals surface area contributed by atoms with Crippen molar-refractivity contribution < 1.29 is 19.8 Å². The van der Waals surface area contributed by atoms with Crippen LogP contribution in [0.3, 0.4) is 0 Å². The van der Waals surface area contributed by atoms with Crippen molar-refractivity contribution in [3.8, 4) is 0 Å². The van der Waals surface area contributed by atoms with Gasteiger partial charge in [0, 0.05) is 0 Å². The number of rotatable bonds is 6. The summed E-state index contributed by atoms with van der Waals surface area (Å²) < 4.78 is 0. The number of carbonyl (C=O) groups is 2. The highest BCUT2D eigenvalue weighted by molar-refractivity contribution is 5.89. The second kappa shape index (κ2) is 11.7. The Morgan fingerprint density at radius 3 is 2.33 bits per heavy atom. The molecule has 0 bridgehead atoms. The maximum atomic E-state index is 10.4. The topological polar surface area (TPSA) is 113 Å². The van der Waals surface area contributed by atoms with E-state index in [1.165, 1.54) is 6.08 Å². The van der Waals surface area contributed by atoms with E-state index in [0.29, 0.717) is 12.8 Å². The third-order valence-electron chi connectivity index (χ3n) is 1.76. The van der Waals surface area contributed by atoms with Crippen LogP contribution in [0.2, 0.25) is 0 Å². The van der Waals surface area contributed by atoms with Crippen LogP contribution in [0, 0.1) is 0 Å². The minimum Gasteiger partial charge on any atom is -0.503 e. The molecule has 5 N–H and O–H groups in total. The van der Waals surface area contributed by atoms with Crippen molar-refractivity contribution in [3.05, 3.63) is 24.5 Å². The van der Waals surface area contributed by atoms with Gasteiger partial charge in [-0.25, -0.2) is 0 Å². The number of aliphatic hydroxyl groups is 2. The van der Waals surface area contributed by atoms with Gasteiger partial charge in [-0.3, -0.25) is 9.59 Å². The van der Waals surface area contributed by atoms with Crippen molar-refractivity contribution >= 4 is 11.8 Å². The number of nitrogens with one attached hydrogen (secondary N) is 1. The van der Waals surface area contributed by atoms with Gasteiger partial charge in [-0.15, -0.1) is 0 Å². The molecule has 0 rings (SSSR count). The summed E-state index contributed by atoms with van der Waals surface area (Å²) in [7, 11) is 0. The van der Waals surface area contributed by atoms with Crippen LogP contribution in [-0.4, -0.2) is 28.3 Å². The summed E-state index contributed by atoms with van der Waals surface area (Å²) in [6.45, 7) is 6.95. The lowest BCUT2D eigenvalue weighted by Crippen LogP contribution is -2.32. The molecule has 0 aromatic heterocycles. The molecule has 0 heterocycles. The highest BCUT2D eigenvalue weighted by Crippen LogP contribution is 1.93. The lowest BCUT2D eigenvalue weighted by molar-refractivity contribution is -0.119. The predicted octanol–water partition coefficient (Wildman–Crippen LogP) is 0.731. The van der Waals surface area contributed by atoms with E-state index in [4.69, 9.17) is 15.9 Å². The van der Waals surface area contributed by atoms with Crippen molar-refractivity contribution in [2.45, 2.75) is 39.3 Å². The standard InChI is InChI=1S/2C6H11NO2/c1-3-5(8)7-6(9)4-2;1-2-3-4-5(8)6(7)9/h3,6,9H,1,4H2,2H3,(H,7,8);4,8H,2-3H2,1H3,(H2,7,9)/b;5-4-. The van der Waals surface area contributed by atoms with Crippen molar-refractivity contribution in [2.75, 3.05) is 0 Å². The third kappa shape index (κ3) is 12.3. The molecular formula is C12H22N2O4. The number of unbranched alkanes of at least 4 members (excludes halogenated alkanes) is 1. The fourth-order valence-electron chi connectivity index (χ4n) is 0.707. The second-order valence-corrected chi connectivity index (χ2v) is 3.38. The fraction of sp³-hybridized carbons (Fsp3) is 0.500. The summed E-state index contributed by atoms with van der Waals surface area (Å²) in [5, 5.41) is 19.7. The molecule has 0 saturated heterocycles. The van der Waals surface area contributed by atoms with Gasteiger partial charge < -0.3 is 21.3 Å². The summed E-state index contributed by atoms with van der Waals surface area (Å²) in [6, 6.07) is 0. The molecule has 6 nitrogen and oxygen atoms in total. The van der Waals surface area contributed by atoms with Crippen molar-refractivity contribution in [3.63, 3.8) is 0 Å². The van der Waals surface area contributed by atoms with Gasteiger partial charge in [0.1, 0.15) is 6.23 Å². The minimum atomic E-state index is -0.761. The fourth-order valence-corrected chi connectivity index (χ4v) is 0.707. The van der Waals surface area contributed by atoms with Crippen molar-refractivity contribution in [1.29, 1.82) is 0 Å². The van der Waals surface area contributed by atoms with E-state index in [0.717, 1.165) is 12.5 Å². The molecule has 0 aromatic rings. The van der Waals surface area contributed by atoms with Gasteiger partial charge in [0.2, 0.25) is 5.91 Å². The van der Waals surface area contributed by atoms with Gasteiger partial charge in [0.05, 0.1) is 0 Å². The first-order valence-corrected chi connectivity index (χ1v) is 5.68. The highest BCUT2D eigenvalue weighted by Gasteiger charge is 2.00. The maximum Gasteiger partial charge on any atom is 0.283 e. The van der Waals surface area contributed by atoms with Crippen LogP contribution in [0.1, 0.15) is 33.1 Å². The molecule has 0 spiro atoms. The molecule has 6 heteroatoms. The molecule has 0 saturated carbocycles. The summed E-state index contributed by atoms with van der Waals surface area (Å²) in [5.41, 5.74) is 4.72. The number of aliphatic hydroxyl groups excluding tert-OH is 2. The first-order chi connectivity index (χ1) is 8.38. The molecule has 0 fully saturated rings. The van der Waals surface area contributed by atoms with Crippen molar-refractivity contribution in [2.24, 2.45) is 5.73 Å². The number of amides is 2. The number of carbonyl (C=O) groups excluding carboxylic acids is 2. The van der Waals surface area contributed by atoms with Crippen LogP contribution in [0.5, 0.6) is 0 Å². The van der Waals surface area contributed by atoms with E-state index in [9.17, 15) is 9.59 Å². The Labute approximate surface area is 107 Å². The van der Waals surface area contributed by atoms with Crippen LogP contribution in [-0.2, 0) is 9.59 Å². The molecule has 0 aromatic carbocycles. The molecule has 0 radical (unpaired) electrons. The van der Waals surface area contributed by atoms with Crippen LogP contribution in [0.4, 0.5) is 0 Å². The Bertz CT molecular complexity index is 300. The van der Waals surface area contributed by atoms with Crippen molar-refractivity contribution in [1.82, 2.24) is 5.32 Å². The molecule has 0 aliphatic carbocycles. The van der Waals surface area contributed by atoms with Crippen LogP contribution >= 0.6 is 0 Å². The van der Waals surface area contributed by atoms with E-state index >= 15 is 0 Å². The normalized spacial score (nSPS) is 11.8. The second-order valence-electron chi connectivity index (χ2n) is 3.38. The zero-order chi connectivity index (χ0) is 14.6. The average molecular weight is 258 g/mol. The summed E-state index contributed by atoms with van der Waals surface area (Å²) in [6.07, 6.45) is 3.91. The van der Waals surface area contributed by atoms with E-state index in [1.54, 1.807) is 6.92 Å². The molecule has 18 heavy (non-hydrogen) atoms. The summed E-state index contributed by atoms with van der Waals surface area (Å²) in [4.78, 5) is 20.5. The number of hydrogen-bond acceptors (Lipinski definition) is 4. The number of allylic oxidation sites excluding steroid dienone is 1.